The van der Waals surface area contributed by atoms with E-state index in [0.717, 1.165) is 18.4 Å². The number of ether oxygens (including phenoxy) is 1. The van der Waals surface area contributed by atoms with Crippen LogP contribution in [-0.2, 0) is 17.6 Å². The van der Waals surface area contributed by atoms with Crippen molar-refractivity contribution in [2.75, 3.05) is 7.11 Å². The highest BCUT2D eigenvalue weighted by Gasteiger charge is 2.19. The van der Waals surface area contributed by atoms with Crippen molar-refractivity contribution in [3.8, 4) is 0 Å². The van der Waals surface area contributed by atoms with Crippen LogP contribution in [0.3, 0.4) is 0 Å². The van der Waals surface area contributed by atoms with Gasteiger partial charge in [0, 0.05) is 19.1 Å². The van der Waals surface area contributed by atoms with E-state index in [4.69, 9.17) is 4.74 Å². The number of ketones is 1. The lowest BCUT2D eigenvalue weighted by molar-refractivity contribution is 0.0141. The zero-order valence-electron chi connectivity index (χ0n) is 11.6. The number of benzene rings is 1. The van der Waals surface area contributed by atoms with Gasteiger partial charge in [0.2, 0.25) is 0 Å². The van der Waals surface area contributed by atoms with Gasteiger partial charge in [-0.05, 0) is 56.7 Å². The second kappa shape index (κ2) is 5.23. The first kappa shape index (κ1) is 13.3. The Morgan fingerprint density at radius 3 is 2.72 bits per heavy atom. The highest BCUT2D eigenvalue weighted by molar-refractivity contribution is 5.96. The summed E-state index contributed by atoms with van der Waals surface area (Å²) >= 11 is 0. The molecule has 0 aliphatic heterocycles. The van der Waals surface area contributed by atoms with E-state index in [9.17, 15) is 4.79 Å². The van der Waals surface area contributed by atoms with E-state index in [2.05, 4.69) is 12.1 Å². The fourth-order valence-electron chi connectivity index (χ4n) is 2.41. The average molecular weight is 246 g/mol. The van der Waals surface area contributed by atoms with E-state index in [0.29, 0.717) is 6.42 Å². The van der Waals surface area contributed by atoms with Gasteiger partial charge >= 0.3 is 0 Å². The van der Waals surface area contributed by atoms with Crippen molar-refractivity contribution in [1.82, 2.24) is 0 Å². The number of rotatable bonds is 5. The van der Waals surface area contributed by atoms with Gasteiger partial charge in [-0.1, -0.05) is 12.1 Å². The molecule has 1 aromatic carbocycles. The molecule has 0 amide bonds. The van der Waals surface area contributed by atoms with Crippen LogP contribution >= 0.6 is 0 Å². The van der Waals surface area contributed by atoms with Crippen LogP contribution in [0.15, 0.2) is 18.2 Å². The first-order chi connectivity index (χ1) is 8.52. The van der Waals surface area contributed by atoms with Crippen molar-refractivity contribution in [2.24, 2.45) is 0 Å². The van der Waals surface area contributed by atoms with Gasteiger partial charge in [-0.15, -0.1) is 0 Å². The largest absolute Gasteiger partial charge is 0.379 e. The first-order valence-corrected chi connectivity index (χ1v) is 6.72. The second-order valence-electron chi connectivity index (χ2n) is 5.72. The summed E-state index contributed by atoms with van der Waals surface area (Å²) in [6.07, 6.45) is 4.84. The van der Waals surface area contributed by atoms with E-state index in [1.807, 2.05) is 19.9 Å². The fourth-order valence-corrected chi connectivity index (χ4v) is 2.41. The molecule has 0 saturated heterocycles. The zero-order valence-corrected chi connectivity index (χ0v) is 11.6. The number of carbonyl (C=O) groups is 1. The predicted octanol–water partition coefficient (Wildman–Crippen LogP) is 3.56. The van der Waals surface area contributed by atoms with Crippen LogP contribution < -0.4 is 0 Å². The van der Waals surface area contributed by atoms with E-state index in [1.165, 1.54) is 24.0 Å². The minimum absolute atomic E-state index is 0.216. The molecule has 0 bridgehead atoms. The summed E-state index contributed by atoms with van der Waals surface area (Å²) in [6, 6.07) is 6.19. The van der Waals surface area contributed by atoms with Gasteiger partial charge in [-0.25, -0.2) is 0 Å². The molecule has 18 heavy (non-hydrogen) atoms. The summed E-state index contributed by atoms with van der Waals surface area (Å²) in [6.45, 7) is 4.03. The van der Waals surface area contributed by atoms with Crippen LogP contribution in [0.4, 0.5) is 0 Å². The number of methoxy groups -OCH3 is 1. The molecule has 1 aliphatic rings. The van der Waals surface area contributed by atoms with Crippen LogP contribution in [0.25, 0.3) is 0 Å². The Labute approximate surface area is 109 Å². The third-order valence-electron chi connectivity index (χ3n) is 3.93. The highest BCUT2D eigenvalue weighted by Crippen LogP contribution is 2.24. The van der Waals surface area contributed by atoms with Crippen LogP contribution in [0.2, 0.25) is 0 Å². The summed E-state index contributed by atoms with van der Waals surface area (Å²) in [4.78, 5) is 12.2. The lowest BCUT2D eigenvalue weighted by Crippen LogP contribution is -2.23. The van der Waals surface area contributed by atoms with Crippen LogP contribution in [0, 0.1) is 0 Å². The van der Waals surface area contributed by atoms with E-state index < -0.39 is 0 Å². The third-order valence-corrected chi connectivity index (χ3v) is 3.93. The molecule has 1 aliphatic carbocycles. The van der Waals surface area contributed by atoms with Crippen LogP contribution in [0.1, 0.15) is 54.6 Å². The smallest absolute Gasteiger partial charge is 0.162 e. The Morgan fingerprint density at radius 1 is 1.28 bits per heavy atom. The van der Waals surface area contributed by atoms with E-state index >= 15 is 0 Å². The number of aryl methyl sites for hydroxylation is 2. The van der Waals surface area contributed by atoms with Crippen LogP contribution in [-0.4, -0.2) is 18.5 Å². The van der Waals surface area contributed by atoms with Crippen molar-refractivity contribution in [3.05, 3.63) is 34.9 Å². The average Bonchev–Trinajstić information content (AvgIpc) is 2.83. The zero-order chi connectivity index (χ0) is 13.2. The second-order valence-corrected chi connectivity index (χ2v) is 5.72. The molecule has 2 rings (SSSR count). The summed E-state index contributed by atoms with van der Waals surface area (Å²) in [5.74, 6) is 0.231. The molecule has 0 radical (unpaired) electrons. The molecule has 0 heterocycles. The number of hydrogen-bond donors (Lipinski definition) is 0. The fraction of sp³-hybridized carbons (Fsp3) is 0.562. The molecular formula is C16H22O2. The molecule has 0 atom stereocenters. The predicted molar refractivity (Wildman–Crippen MR) is 73.1 cm³/mol. The van der Waals surface area contributed by atoms with Gasteiger partial charge in [-0.3, -0.25) is 4.79 Å². The summed E-state index contributed by atoms with van der Waals surface area (Å²) in [5, 5.41) is 0. The Bertz CT molecular complexity index is 446. The highest BCUT2D eigenvalue weighted by atomic mass is 16.5. The lowest BCUT2D eigenvalue weighted by atomic mass is 9.96. The van der Waals surface area contributed by atoms with E-state index in [1.54, 1.807) is 7.11 Å². The normalized spacial score (nSPS) is 14.6. The molecule has 0 aromatic heterocycles. The van der Waals surface area contributed by atoms with E-state index in [-0.39, 0.29) is 11.4 Å². The molecule has 1 aromatic rings. The van der Waals surface area contributed by atoms with Crippen molar-refractivity contribution in [1.29, 1.82) is 0 Å². The Balaban J connectivity index is 2.01. The molecule has 2 nitrogen and oxygen atoms in total. The molecule has 2 heteroatoms. The van der Waals surface area contributed by atoms with Crippen LogP contribution in [0.5, 0.6) is 0 Å². The third kappa shape index (κ3) is 2.99. The Hall–Kier alpha value is -1.15. The van der Waals surface area contributed by atoms with Crippen molar-refractivity contribution in [2.45, 2.75) is 51.6 Å². The van der Waals surface area contributed by atoms with Gasteiger partial charge in [0.1, 0.15) is 0 Å². The summed E-state index contributed by atoms with van der Waals surface area (Å²) in [5.41, 5.74) is 3.44. The number of hydrogen-bond acceptors (Lipinski definition) is 2. The maximum absolute atomic E-state index is 12.2. The number of carbonyl (C=O) groups excluding carboxylic acids is 1. The molecule has 0 saturated carbocycles. The van der Waals surface area contributed by atoms with Gasteiger partial charge < -0.3 is 4.74 Å². The van der Waals surface area contributed by atoms with Gasteiger partial charge in [-0.2, -0.15) is 0 Å². The topological polar surface area (TPSA) is 26.3 Å². The standard InChI is InChI=1S/C16H22O2/c1-16(2,18-3)10-9-15(17)14-8-7-12-5-4-6-13(12)11-14/h7-8,11H,4-6,9-10H2,1-3H3. The molecule has 0 unspecified atom stereocenters. The number of fused-ring (bicyclic) bond motifs is 1. The quantitative estimate of drug-likeness (QED) is 0.742. The molecule has 98 valence electrons. The number of Topliss-reactive ketones (excluding diaryl/α,β-unsaturated/α-hetero) is 1. The summed E-state index contributed by atoms with van der Waals surface area (Å²) < 4.78 is 5.35. The molecule has 0 fully saturated rings. The monoisotopic (exact) mass is 246 g/mol. The first-order valence-electron chi connectivity index (χ1n) is 6.72. The van der Waals surface area contributed by atoms with Crippen molar-refractivity contribution < 1.29 is 9.53 Å². The minimum atomic E-state index is -0.216. The Morgan fingerprint density at radius 2 is 2.00 bits per heavy atom. The van der Waals surface area contributed by atoms with Gasteiger partial charge in [0.05, 0.1) is 5.60 Å². The minimum Gasteiger partial charge on any atom is -0.379 e. The maximum Gasteiger partial charge on any atom is 0.162 e. The maximum atomic E-state index is 12.2. The van der Waals surface area contributed by atoms with Gasteiger partial charge in [0.15, 0.2) is 5.78 Å². The Kier molecular flexibility index (Phi) is 3.86. The van der Waals surface area contributed by atoms with Crippen molar-refractivity contribution in [3.63, 3.8) is 0 Å². The van der Waals surface area contributed by atoms with Gasteiger partial charge in [0.25, 0.3) is 0 Å². The van der Waals surface area contributed by atoms with Crippen molar-refractivity contribution >= 4 is 5.78 Å². The molecule has 0 spiro atoms. The molecular weight excluding hydrogens is 224 g/mol. The summed E-state index contributed by atoms with van der Waals surface area (Å²) in [7, 11) is 1.69. The molecule has 0 N–H and O–H groups in total. The SMILES string of the molecule is COC(C)(C)CCC(=O)c1ccc2c(c1)CCC2. The lowest BCUT2D eigenvalue weighted by Gasteiger charge is -2.22.